The maximum absolute atomic E-state index is 12.6. The number of aromatic amines is 1. The monoisotopic (exact) mass is 463 g/mol. The van der Waals surface area contributed by atoms with Gasteiger partial charge in [-0.3, -0.25) is 9.89 Å². The molecular formula is C27H25N7O. The Hall–Kier alpha value is -4.30. The van der Waals surface area contributed by atoms with Crippen LogP contribution in [0.1, 0.15) is 35.3 Å². The number of carbonyl (C=O) groups is 1. The molecule has 0 saturated heterocycles. The Labute approximate surface area is 202 Å². The van der Waals surface area contributed by atoms with Crippen molar-refractivity contribution in [2.24, 2.45) is 5.73 Å². The summed E-state index contributed by atoms with van der Waals surface area (Å²) >= 11 is 0. The van der Waals surface area contributed by atoms with Crippen LogP contribution in [0.15, 0.2) is 72.9 Å². The fourth-order valence-electron chi connectivity index (χ4n) is 4.73. The molecule has 1 amide bonds. The number of hydrogen-bond donors (Lipinski definition) is 3. The number of nitrogens with two attached hydrogens (primary N) is 1. The van der Waals surface area contributed by atoms with Gasteiger partial charge in [0.05, 0.1) is 11.4 Å². The zero-order chi connectivity index (χ0) is 24.0. The summed E-state index contributed by atoms with van der Waals surface area (Å²) in [6.07, 6.45) is 4.86. The van der Waals surface area contributed by atoms with E-state index >= 15 is 0 Å². The molecule has 0 aliphatic heterocycles. The van der Waals surface area contributed by atoms with E-state index in [0.29, 0.717) is 5.65 Å². The summed E-state index contributed by atoms with van der Waals surface area (Å²) < 4.78 is 1.76. The number of H-pyrrole nitrogens is 1. The quantitative estimate of drug-likeness (QED) is 0.362. The Morgan fingerprint density at radius 1 is 1.06 bits per heavy atom. The lowest BCUT2D eigenvalue weighted by atomic mass is 9.72. The molecule has 0 unspecified atom stereocenters. The first-order valence-electron chi connectivity index (χ1n) is 11.7. The Kier molecular flexibility index (Phi) is 4.96. The normalized spacial score (nSPS) is 14.6. The van der Waals surface area contributed by atoms with Gasteiger partial charge < -0.3 is 11.1 Å². The first-order valence-corrected chi connectivity index (χ1v) is 11.7. The molecule has 2 aromatic carbocycles. The molecule has 1 aliphatic rings. The molecule has 174 valence electrons. The van der Waals surface area contributed by atoms with Crippen LogP contribution in [-0.2, 0) is 5.54 Å². The van der Waals surface area contributed by atoms with E-state index in [0.717, 1.165) is 52.2 Å². The van der Waals surface area contributed by atoms with E-state index in [4.69, 9.17) is 15.8 Å². The zero-order valence-electron chi connectivity index (χ0n) is 19.3. The van der Waals surface area contributed by atoms with Crippen molar-refractivity contribution in [1.82, 2.24) is 30.1 Å². The number of carbonyl (C=O) groups excluding carboxylic acids is 1. The number of rotatable bonds is 5. The molecule has 1 fully saturated rings. The summed E-state index contributed by atoms with van der Waals surface area (Å²) in [5.74, 6) is -0.278. The van der Waals surface area contributed by atoms with Gasteiger partial charge >= 0.3 is 0 Å². The average molecular weight is 464 g/mol. The number of hydrogen-bond acceptors (Lipinski definition) is 5. The number of imidazole rings is 1. The molecule has 0 bridgehead atoms. The molecule has 1 aliphatic carbocycles. The van der Waals surface area contributed by atoms with Gasteiger partial charge in [-0.1, -0.05) is 54.6 Å². The minimum atomic E-state index is -0.278. The molecule has 5 aromatic rings. The summed E-state index contributed by atoms with van der Waals surface area (Å²) in [7, 11) is 1.59. The third-order valence-electron chi connectivity index (χ3n) is 6.86. The van der Waals surface area contributed by atoms with Gasteiger partial charge in [-0.2, -0.15) is 10.2 Å². The van der Waals surface area contributed by atoms with E-state index in [1.54, 1.807) is 23.8 Å². The minimum Gasteiger partial charge on any atom is -0.354 e. The standard InChI is InChI=1S/C27H25N7O/c1-29-26(35)22-16-20(21-12-15-30-32-21)25-31-23(24(34(25)33-22)18-6-3-2-4-7-18)17-8-10-19(11-9-17)27(28)13-5-14-27/h2-4,6-12,15-16H,5,13-14,28H2,1H3,(H,29,35)(H,30,32). The number of aromatic nitrogens is 5. The van der Waals surface area contributed by atoms with Crippen molar-refractivity contribution in [2.45, 2.75) is 24.8 Å². The molecule has 4 N–H and O–H groups in total. The van der Waals surface area contributed by atoms with Crippen LogP contribution in [0.3, 0.4) is 0 Å². The molecular weight excluding hydrogens is 438 g/mol. The van der Waals surface area contributed by atoms with Crippen LogP contribution in [0.4, 0.5) is 0 Å². The fraction of sp³-hybridized carbons (Fsp3) is 0.185. The molecule has 3 heterocycles. The number of nitrogens with zero attached hydrogens (tertiary/aromatic N) is 4. The number of benzene rings is 2. The van der Waals surface area contributed by atoms with Crippen molar-refractivity contribution < 1.29 is 4.79 Å². The highest BCUT2D eigenvalue weighted by Gasteiger charge is 2.34. The Balaban J connectivity index is 1.62. The maximum Gasteiger partial charge on any atom is 0.271 e. The largest absolute Gasteiger partial charge is 0.354 e. The van der Waals surface area contributed by atoms with Gasteiger partial charge in [0.2, 0.25) is 0 Å². The Bertz CT molecular complexity index is 1520. The first kappa shape index (κ1) is 21.2. The van der Waals surface area contributed by atoms with Gasteiger partial charge in [0.25, 0.3) is 5.91 Å². The highest BCUT2D eigenvalue weighted by atomic mass is 16.1. The second-order valence-electron chi connectivity index (χ2n) is 8.99. The lowest BCUT2D eigenvalue weighted by molar-refractivity contribution is 0.0957. The predicted molar refractivity (Wildman–Crippen MR) is 135 cm³/mol. The van der Waals surface area contributed by atoms with Gasteiger partial charge in [-0.05, 0) is 37.0 Å². The molecule has 1 saturated carbocycles. The topological polar surface area (TPSA) is 114 Å². The van der Waals surface area contributed by atoms with Gasteiger partial charge in [0, 0.05) is 35.5 Å². The van der Waals surface area contributed by atoms with E-state index in [2.05, 4.69) is 39.8 Å². The zero-order valence-corrected chi connectivity index (χ0v) is 19.3. The van der Waals surface area contributed by atoms with Crippen LogP contribution in [-0.4, -0.2) is 37.8 Å². The minimum absolute atomic E-state index is 0.225. The van der Waals surface area contributed by atoms with Crippen LogP contribution in [0.2, 0.25) is 0 Å². The van der Waals surface area contributed by atoms with Crippen LogP contribution < -0.4 is 11.1 Å². The Morgan fingerprint density at radius 2 is 1.83 bits per heavy atom. The van der Waals surface area contributed by atoms with E-state index < -0.39 is 0 Å². The van der Waals surface area contributed by atoms with Gasteiger partial charge in [-0.15, -0.1) is 0 Å². The highest BCUT2D eigenvalue weighted by molar-refractivity contribution is 5.95. The summed E-state index contributed by atoms with van der Waals surface area (Å²) in [5, 5.41) is 14.5. The van der Waals surface area contributed by atoms with Crippen LogP contribution in [0.25, 0.3) is 39.4 Å². The van der Waals surface area contributed by atoms with Crippen LogP contribution in [0.5, 0.6) is 0 Å². The molecule has 3 aromatic heterocycles. The Morgan fingerprint density at radius 3 is 2.46 bits per heavy atom. The van der Waals surface area contributed by atoms with Gasteiger partial charge in [-0.25, -0.2) is 9.50 Å². The van der Waals surface area contributed by atoms with Gasteiger partial charge in [0.1, 0.15) is 11.4 Å². The second kappa shape index (κ2) is 8.18. The van der Waals surface area contributed by atoms with E-state index in [1.807, 2.05) is 36.4 Å². The summed E-state index contributed by atoms with van der Waals surface area (Å²) in [6, 6.07) is 21.9. The summed E-state index contributed by atoms with van der Waals surface area (Å²) in [5.41, 5.74) is 13.4. The molecule has 8 nitrogen and oxygen atoms in total. The predicted octanol–water partition coefficient (Wildman–Crippen LogP) is 4.15. The molecule has 35 heavy (non-hydrogen) atoms. The van der Waals surface area contributed by atoms with Crippen molar-refractivity contribution in [3.63, 3.8) is 0 Å². The molecule has 0 atom stereocenters. The smallest absolute Gasteiger partial charge is 0.271 e. The summed E-state index contributed by atoms with van der Waals surface area (Å²) in [6.45, 7) is 0. The first-order chi connectivity index (χ1) is 17.1. The molecule has 0 radical (unpaired) electrons. The average Bonchev–Trinajstić information content (AvgIpc) is 3.55. The number of nitrogens with one attached hydrogen (secondary N) is 2. The van der Waals surface area contributed by atoms with E-state index in [9.17, 15) is 4.79 Å². The molecule has 0 spiro atoms. The van der Waals surface area contributed by atoms with E-state index in [1.165, 1.54) is 6.42 Å². The van der Waals surface area contributed by atoms with Crippen LogP contribution >= 0.6 is 0 Å². The third kappa shape index (κ3) is 3.50. The molecule has 8 heteroatoms. The van der Waals surface area contributed by atoms with Crippen molar-refractivity contribution in [2.75, 3.05) is 7.05 Å². The van der Waals surface area contributed by atoms with Crippen molar-refractivity contribution in [3.8, 4) is 33.8 Å². The summed E-state index contributed by atoms with van der Waals surface area (Å²) in [4.78, 5) is 17.7. The SMILES string of the molecule is CNC(=O)c1cc(-c2ccn[nH]2)c2nc(-c3ccc(C4(N)CCC4)cc3)c(-c3ccccc3)n2n1. The number of amides is 1. The fourth-order valence-corrected chi connectivity index (χ4v) is 4.73. The molecule has 6 rings (SSSR count). The van der Waals surface area contributed by atoms with Crippen molar-refractivity contribution in [3.05, 3.63) is 84.2 Å². The lowest BCUT2D eigenvalue weighted by Gasteiger charge is -2.38. The van der Waals surface area contributed by atoms with Gasteiger partial charge in [0.15, 0.2) is 5.65 Å². The highest BCUT2D eigenvalue weighted by Crippen LogP contribution is 2.40. The maximum atomic E-state index is 12.6. The van der Waals surface area contributed by atoms with Crippen LogP contribution in [0, 0.1) is 0 Å². The number of fused-ring (bicyclic) bond motifs is 1. The second-order valence-corrected chi connectivity index (χ2v) is 8.99. The third-order valence-corrected chi connectivity index (χ3v) is 6.86. The van der Waals surface area contributed by atoms with Crippen molar-refractivity contribution in [1.29, 1.82) is 0 Å². The van der Waals surface area contributed by atoms with Crippen molar-refractivity contribution >= 4 is 11.6 Å². The van der Waals surface area contributed by atoms with E-state index in [-0.39, 0.29) is 17.1 Å². The lowest BCUT2D eigenvalue weighted by Crippen LogP contribution is -2.43.